The predicted octanol–water partition coefficient (Wildman–Crippen LogP) is 2.09. The number of aryl methyl sites for hydroxylation is 1. The maximum absolute atomic E-state index is 10.7. The maximum atomic E-state index is 10.7. The molecule has 1 rings (SSSR count). The standard InChI is InChI=1S/C11H13NO4/c1-9(13)16-8-4-6-10-5-2-3-7-11(10)12(14)15/h2-3,5,7H,4,6,8H2,1H3. The Bertz CT molecular complexity index is 389. The number of para-hydroxylation sites is 1. The van der Waals surface area contributed by atoms with Gasteiger partial charge in [-0.1, -0.05) is 18.2 Å². The second kappa shape index (κ2) is 5.85. The normalized spacial score (nSPS) is 9.81. The zero-order valence-electron chi connectivity index (χ0n) is 9.01. The van der Waals surface area contributed by atoms with Gasteiger partial charge in [0.15, 0.2) is 0 Å². The zero-order chi connectivity index (χ0) is 12.0. The quantitative estimate of drug-likeness (QED) is 0.331. The minimum absolute atomic E-state index is 0.116. The number of carbonyl (C=O) groups is 1. The van der Waals surface area contributed by atoms with Crippen molar-refractivity contribution in [3.8, 4) is 0 Å². The number of ether oxygens (including phenoxy) is 1. The van der Waals surface area contributed by atoms with Crippen molar-refractivity contribution in [2.45, 2.75) is 19.8 Å². The summed E-state index contributed by atoms with van der Waals surface area (Å²) in [6, 6.07) is 6.58. The van der Waals surface area contributed by atoms with E-state index in [0.29, 0.717) is 25.0 Å². The van der Waals surface area contributed by atoms with Gasteiger partial charge in [-0.15, -0.1) is 0 Å². The molecular formula is C11H13NO4. The van der Waals surface area contributed by atoms with E-state index >= 15 is 0 Å². The van der Waals surface area contributed by atoms with Gasteiger partial charge in [0.1, 0.15) is 0 Å². The van der Waals surface area contributed by atoms with Gasteiger partial charge in [-0.2, -0.15) is 0 Å². The third-order valence-corrected chi connectivity index (χ3v) is 2.08. The zero-order valence-corrected chi connectivity index (χ0v) is 9.01. The van der Waals surface area contributed by atoms with Crippen LogP contribution >= 0.6 is 0 Å². The van der Waals surface area contributed by atoms with E-state index in [2.05, 4.69) is 0 Å². The summed E-state index contributed by atoms with van der Waals surface area (Å²) in [4.78, 5) is 20.8. The summed E-state index contributed by atoms with van der Waals surface area (Å²) in [5.41, 5.74) is 0.782. The Balaban J connectivity index is 2.53. The fraction of sp³-hybridized carbons (Fsp3) is 0.364. The average Bonchev–Trinajstić information content (AvgIpc) is 2.24. The van der Waals surface area contributed by atoms with Crippen LogP contribution in [-0.4, -0.2) is 17.5 Å². The van der Waals surface area contributed by atoms with Crippen molar-refractivity contribution in [2.24, 2.45) is 0 Å². The number of hydrogen-bond donors (Lipinski definition) is 0. The molecule has 0 saturated carbocycles. The predicted molar refractivity (Wildman–Crippen MR) is 58.1 cm³/mol. The van der Waals surface area contributed by atoms with Gasteiger partial charge in [-0.05, 0) is 12.8 Å². The number of nitro groups is 1. The lowest BCUT2D eigenvalue weighted by Gasteiger charge is -2.03. The number of rotatable bonds is 5. The van der Waals surface area contributed by atoms with Gasteiger partial charge in [-0.3, -0.25) is 14.9 Å². The van der Waals surface area contributed by atoms with Crippen LogP contribution in [0.1, 0.15) is 18.9 Å². The van der Waals surface area contributed by atoms with E-state index < -0.39 is 4.92 Å². The van der Waals surface area contributed by atoms with E-state index in [-0.39, 0.29) is 11.7 Å². The highest BCUT2D eigenvalue weighted by Crippen LogP contribution is 2.18. The molecule has 0 unspecified atom stereocenters. The van der Waals surface area contributed by atoms with Crippen LogP contribution in [0.3, 0.4) is 0 Å². The molecular weight excluding hydrogens is 210 g/mol. The van der Waals surface area contributed by atoms with Crippen LogP contribution in [0.15, 0.2) is 24.3 Å². The summed E-state index contributed by atoms with van der Waals surface area (Å²) >= 11 is 0. The highest BCUT2D eigenvalue weighted by atomic mass is 16.6. The van der Waals surface area contributed by atoms with Gasteiger partial charge in [0.05, 0.1) is 11.5 Å². The molecule has 0 spiro atoms. The van der Waals surface area contributed by atoms with E-state index in [9.17, 15) is 14.9 Å². The Kier molecular flexibility index (Phi) is 4.44. The van der Waals surface area contributed by atoms with Crippen molar-refractivity contribution in [2.75, 3.05) is 6.61 Å². The molecule has 0 N–H and O–H groups in total. The summed E-state index contributed by atoms with van der Waals surface area (Å²) < 4.78 is 4.76. The van der Waals surface area contributed by atoms with E-state index in [1.807, 2.05) is 0 Å². The fourth-order valence-corrected chi connectivity index (χ4v) is 1.38. The highest BCUT2D eigenvalue weighted by molar-refractivity contribution is 5.65. The lowest BCUT2D eigenvalue weighted by molar-refractivity contribution is -0.385. The van der Waals surface area contributed by atoms with Crippen LogP contribution in [0.5, 0.6) is 0 Å². The second-order valence-corrected chi connectivity index (χ2v) is 3.33. The summed E-state index contributed by atoms with van der Waals surface area (Å²) in [5.74, 6) is -0.331. The van der Waals surface area contributed by atoms with Gasteiger partial charge < -0.3 is 4.74 Å². The molecule has 0 bridgehead atoms. The van der Waals surface area contributed by atoms with Crippen molar-refractivity contribution in [3.05, 3.63) is 39.9 Å². The Morgan fingerprint density at radius 3 is 2.75 bits per heavy atom. The molecule has 16 heavy (non-hydrogen) atoms. The molecule has 0 aliphatic rings. The number of nitro benzene ring substituents is 1. The number of nitrogens with zero attached hydrogens (tertiary/aromatic N) is 1. The van der Waals surface area contributed by atoms with E-state index in [1.54, 1.807) is 18.2 Å². The molecule has 0 amide bonds. The molecule has 86 valence electrons. The van der Waals surface area contributed by atoms with Gasteiger partial charge in [0, 0.05) is 18.6 Å². The largest absolute Gasteiger partial charge is 0.466 e. The number of esters is 1. The molecule has 0 fully saturated rings. The van der Waals surface area contributed by atoms with Crippen LogP contribution in [0.4, 0.5) is 5.69 Å². The number of carbonyl (C=O) groups excluding carboxylic acids is 1. The van der Waals surface area contributed by atoms with Crippen molar-refractivity contribution in [1.29, 1.82) is 0 Å². The van der Waals surface area contributed by atoms with Gasteiger partial charge in [0.2, 0.25) is 0 Å². The lowest BCUT2D eigenvalue weighted by Crippen LogP contribution is -2.02. The van der Waals surface area contributed by atoms with E-state index in [4.69, 9.17) is 4.74 Å². The summed E-state index contributed by atoms with van der Waals surface area (Å²) in [7, 11) is 0. The minimum atomic E-state index is -0.402. The summed E-state index contributed by atoms with van der Waals surface area (Å²) in [6.07, 6.45) is 1.12. The average molecular weight is 223 g/mol. The number of hydrogen-bond acceptors (Lipinski definition) is 4. The monoisotopic (exact) mass is 223 g/mol. The first-order chi connectivity index (χ1) is 7.61. The Labute approximate surface area is 93.2 Å². The van der Waals surface area contributed by atoms with Crippen molar-refractivity contribution >= 4 is 11.7 Å². The molecule has 0 saturated heterocycles. The van der Waals surface area contributed by atoms with Crippen LogP contribution in [0.2, 0.25) is 0 Å². The third-order valence-electron chi connectivity index (χ3n) is 2.08. The topological polar surface area (TPSA) is 69.4 Å². The van der Waals surface area contributed by atoms with Crippen LogP contribution in [0.25, 0.3) is 0 Å². The lowest BCUT2D eigenvalue weighted by atomic mass is 10.1. The van der Waals surface area contributed by atoms with Crippen molar-refractivity contribution < 1.29 is 14.5 Å². The molecule has 5 nitrogen and oxygen atoms in total. The molecule has 0 atom stereocenters. The van der Waals surface area contributed by atoms with E-state index in [1.165, 1.54) is 13.0 Å². The Morgan fingerprint density at radius 2 is 2.12 bits per heavy atom. The van der Waals surface area contributed by atoms with Gasteiger partial charge >= 0.3 is 5.97 Å². The summed E-state index contributed by atoms with van der Waals surface area (Å²) in [6.45, 7) is 1.63. The molecule has 0 aliphatic carbocycles. The highest BCUT2D eigenvalue weighted by Gasteiger charge is 2.11. The molecule has 1 aromatic rings. The number of benzene rings is 1. The molecule has 0 radical (unpaired) electrons. The summed E-state index contributed by atoms with van der Waals surface area (Å²) in [5, 5.41) is 10.7. The second-order valence-electron chi connectivity index (χ2n) is 3.33. The van der Waals surface area contributed by atoms with Gasteiger partial charge in [-0.25, -0.2) is 0 Å². The Morgan fingerprint density at radius 1 is 1.44 bits per heavy atom. The van der Waals surface area contributed by atoms with Crippen molar-refractivity contribution in [3.63, 3.8) is 0 Å². The molecule has 0 heterocycles. The van der Waals surface area contributed by atoms with E-state index in [0.717, 1.165) is 0 Å². The Hall–Kier alpha value is -1.91. The molecule has 0 aromatic heterocycles. The maximum Gasteiger partial charge on any atom is 0.302 e. The third kappa shape index (κ3) is 3.68. The van der Waals surface area contributed by atoms with Gasteiger partial charge in [0.25, 0.3) is 5.69 Å². The molecule has 5 heteroatoms. The SMILES string of the molecule is CC(=O)OCCCc1ccccc1[N+](=O)[O-]. The molecule has 0 aliphatic heterocycles. The first-order valence-corrected chi connectivity index (χ1v) is 4.97. The molecule has 1 aromatic carbocycles. The minimum Gasteiger partial charge on any atom is -0.466 e. The van der Waals surface area contributed by atoms with Crippen LogP contribution in [-0.2, 0) is 16.0 Å². The van der Waals surface area contributed by atoms with Crippen molar-refractivity contribution in [1.82, 2.24) is 0 Å². The first kappa shape index (κ1) is 12.2. The van der Waals surface area contributed by atoms with Crippen LogP contribution < -0.4 is 0 Å². The van der Waals surface area contributed by atoms with Crippen LogP contribution in [0, 0.1) is 10.1 Å². The smallest absolute Gasteiger partial charge is 0.302 e. The fourth-order valence-electron chi connectivity index (χ4n) is 1.38. The first-order valence-electron chi connectivity index (χ1n) is 4.97.